The molecule has 0 aromatic heterocycles. The smallest absolute Gasteiger partial charge is 0.325 e. The zero-order valence-corrected chi connectivity index (χ0v) is 11.2. The molecule has 5 nitrogen and oxygen atoms in total. The van der Waals surface area contributed by atoms with Crippen LogP contribution in [0.1, 0.15) is 6.92 Å². The summed E-state index contributed by atoms with van der Waals surface area (Å²) < 4.78 is 35.5. The number of hydrogen-bond donors (Lipinski definition) is 0. The Morgan fingerprint density at radius 2 is 2.00 bits per heavy atom. The molecule has 1 aromatic rings. The van der Waals surface area contributed by atoms with Crippen molar-refractivity contribution in [2.75, 3.05) is 26.8 Å². The van der Waals surface area contributed by atoms with Gasteiger partial charge in [0, 0.05) is 13.1 Å². The zero-order chi connectivity index (χ0) is 15.1. The molecule has 1 amide bonds. The van der Waals surface area contributed by atoms with Crippen LogP contribution in [0.3, 0.4) is 0 Å². The summed E-state index contributed by atoms with van der Waals surface area (Å²) in [5.74, 6) is -2.94. The van der Waals surface area contributed by atoms with Crippen LogP contribution in [-0.4, -0.2) is 43.6 Å². The molecule has 0 heterocycles. The van der Waals surface area contributed by atoms with Crippen molar-refractivity contribution in [3.63, 3.8) is 0 Å². The van der Waals surface area contributed by atoms with E-state index in [9.17, 15) is 18.4 Å². The molecule has 7 heteroatoms. The molecule has 1 aromatic carbocycles. The third kappa shape index (κ3) is 4.83. The minimum absolute atomic E-state index is 0.220. The monoisotopic (exact) mass is 287 g/mol. The highest BCUT2D eigenvalue weighted by Crippen LogP contribution is 2.17. The lowest BCUT2D eigenvalue weighted by atomic mass is 10.3. The first kappa shape index (κ1) is 15.9. The Labute approximate surface area is 115 Å². The van der Waals surface area contributed by atoms with E-state index in [0.29, 0.717) is 6.07 Å². The highest BCUT2D eigenvalue weighted by molar-refractivity contribution is 5.82. The Morgan fingerprint density at radius 1 is 1.30 bits per heavy atom. The molecule has 0 N–H and O–H groups in total. The van der Waals surface area contributed by atoms with Crippen molar-refractivity contribution in [1.82, 2.24) is 4.90 Å². The first-order valence-electron chi connectivity index (χ1n) is 5.91. The molecule has 1 rings (SSSR count). The molecule has 0 bridgehead atoms. The maximum atomic E-state index is 13.2. The summed E-state index contributed by atoms with van der Waals surface area (Å²) in [6.07, 6.45) is 0. The Balaban J connectivity index is 2.48. The van der Waals surface area contributed by atoms with Crippen LogP contribution in [0.25, 0.3) is 0 Å². The summed E-state index contributed by atoms with van der Waals surface area (Å²) in [5.41, 5.74) is 0. The number of amides is 1. The fraction of sp³-hybridized carbons (Fsp3) is 0.385. The second kappa shape index (κ2) is 7.42. The van der Waals surface area contributed by atoms with Gasteiger partial charge in [0.2, 0.25) is 0 Å². The quantitative estimate of drug-likeness (QED) is 0.741. The van der Waals surface area contributed by atoms with Gasteiger partial charge in [0.1, 0.15) is 12.4 Å². The van der Waals surface area contributed by atoms with Gasteiger partial charge in [0.25, 0.3) is 5.91 Å². The fourth-order valence-corrected chi connectivity index (χ4v) is 1.33. The van der Waals surface area contributed by atoms with Gasteiger partial charge in [-0.2, -0.15) is 0 Å². The van der Waals surface area contributed by atoms with Crippen molar-refractivity contribution in [3.8, 4) is 5.75 Å². The van der Waals surface area contributed by atoms with E-state index in [2.05, 4.69) is 4.74 Å². The number of carbonyl (C=O) groups excluding carboxylic acids is 2. The van der Waals surface area contributed by atoms with E-state index in [4.69, 9.17) is 4.74 Å². The molecule has 0 aliphatic heterocycles. The molecule has 0 aliphatic rings. The second-order valence-electron chi connectivity index (χ2n) is 3.92. The minimum atomic E-state index is -0.897. The lowest BCUT2D eigenvalue weighted by molar-refractivity contribution is -0.148. The fourth-order valence-electron chi connectivity index (χ4n) is 1.33. The first-order chi connectivity index (χ1) is 9.43. The molecule has 0 aliphatic carbocycles. The molecule has 0 fully saturated rings. The lowest BCUT2D eigenvalue weighted by Gasteiger charge is -2.16. The normalized spacial score (nSPS) is 10.0. The van der Waals surface area contributed by atoms with Crippen LogP contribution in [-0.2, 0) is 14.3 Å². The van der Waals surface area contributed by atoms with E-state index in [1.165, 1.54) is 7.05 Å². The SMILES string of the molecule is CCOC(=O)CN(C)C(=O)COc1ccc(F)cc1F. The van der Waals surface area contributed by atoms with Gasteiger partial charge < -0.3 is 14.4 Å². The first-order valence-corrected chi connectivity index (χ1v) is 5.91. The highest BCUT2D eigenvalue weighted by Gasteiger charge is 2.15. The van der Waals surface area contributed by atoms with E-state index < -0.39 is 30.1 Å². The van der Waals surface area contributed by atoms with Crippen molar-refractivity contribution in [2.24, 2.45) is 0 Å². The second-order valence-corrected chi connectivity index (χ2v) is 3.92. The molecule has 110 valence electrons. The predicted octanol–water partition coefficient (Wildman–Crippen LogP) is 1.37. The summed E-state index contributed by atoms with van der Waals surface area (Å²) >= 11 is 0. The van der Waals surface area contributed by atoms with Crippen LogP contribution in [0.2, 0.25) is 0 Å². The largest absolute Gasteiger partial charge is 0.481 e. The number of carbonyl (C=O) groups is 2. The Bertz CT molecular complexity index is 493. The van der Waals surface area contributed by atoms with Crippen molar-refractivity contribution in [2.45, 2.75) is 6.92 Å². The summed E-state index contributed by atoms with van der Waals surface area (Å²) in [6.45, 7) is 1.19. The van der Waals surface area contributed by atoms with Gasteiger partial charge in [-0.15, -0.1) is 0 Å². The number of benzene rings is 1. The zero-order valence-electron chi connectivity index (χ0n) is 11.2. The maximum absolute atomic E-state index is 13.2. The Kier molecular flexibility index (Phi) is 5.89. The number of halogens is 2. The van der Waals surface area contributed by atoms with Crippen molar-refractivity contribution < 1.29 is 27.8 Å². The van der Waals surface area contributed by atoms with Crippen LogP contribution in [0.4, 0.5) is 8.78 Å². The number of rotatable bonds is 6. The van der Waals surface area contributed by atoms with Gasteiger partial charge in [-0.25, -0.2) is 8.78 Å². The van der Waals surface area contributed by atoms with E-state index >= 15 is 0 Å². The lowest BCUT2D eigenvalue weighted by Crippen LogP contribution is -2.36. The molecule has 0 saturated carbocycles. The number of hydrogen-bond acceptors (Lipinski definition) is 4. The van der Waals surface area contributed by atoms with Crippen molar-refractivity contribution in [1.29, 1.82) is 0 Å². The molecule has 0 saturated heterocycles. The number of esters is 1. The number of nitrogens with zero attached hydrogens (tertiary/aromatic N) is 1. The third-order valence-corrected chi connectivity index (χ3v) is 2.34. The number of likely N-dealkylation sites (N-methyl/N-ethyl adjacent to an activating group) is 1. The van der Waals surface area contributed by atoms with Crippen LogP contribution in [0.15, 0.2) is 18.2 Å². The molecule has 0 radical (unpaired) electrons. The van der Waals surface area contributed by atoms with Gasteiger partial charge in [0.05, 0.1) is 6.61 Å². The van der Waals surface area contributed by atoms with Crippen LogP contribution >= 0.6 is 0 Å². The van der Waals surface area contributed by atoms with E-state index in [-0.39, 0.29) is 18.9 Å². The van der Waals surface area contributed by atoms with Crippen LogP contribution < -0.4 is 4.74 Å². The molecule has 0 spiro atoms. The molecular formula is C13H15F2NO4. The summed E-state index contributed by atoms with van der Waals surface area (Å²) in [6, 6.07) is 2.76. The average Bonchev–Trinajstić information content (AvgIpc) is 2.37. The topological polar surface area (TPSA) is 55.8 Å². The standard InChI is InChI=1S/C13H15F2NO4/c1-3-19-13(18)7-16(2)12(17)8-20-11-5-4-9(14)6-10(11)15/h4-6H,3,7-8H2,1-2H3. The minimum Gasteiger partial charge on any atom is -0.481 e. The van der Waals surface area contributed by atoms with Gasteiger partial charge in [-0.05, 0) is 19.1 Å². The van der Waals surface area contributed by atoms with Crippen LogP contribution in [0.5, 0.6) is 5.75 Å². The third-order valence-electron chi connectivity index (χ3n) is 2.34. The molecular weight excluding hydrogens is 272 g/mol. The van der Waals surface area contributed by atoms with Crippen molar-refractivity contribution in [3.05, 3.63) is 29.8 Å². The maximum Gasteiger partial charge on any atom is 0.325 e. The van der Waals surface area contributed by atoms with Gasteiger partial charge in [-0.3, -0.25) is 9.59 Å². The summed E-state index contributed by atoms with van der Waals surface area (Å²) in [7, 11) is 1.39. The van der Waals surface area contributed by atoms with Crippen molar-refractivity contribution >= 4 is 11.9 Å². The Hall–Kier alpha value is -2.18. The summed E-state index contributed by atoms with van der Waals surface area (Å²) in [4.78, 5) is 23.9. The molecule has 20 heavy (non-hydrogen) atoms. The van der Waals surface area contributed by atoms with Gasteiger partial charge in [0.15, 0.2) is 18.2 Å². The number of ether oxygens (including phenoxy) is 2. The van der Waals surface area contributed by atoms with Gasteiger partial charge >= 0.3 is 5.97 Å². The van der Waals surface area contributed by atoms with Crippen LogP contribution in [0, 0.1) is 11.6 Å². The summed E-state index contributed by atoms with van der Waals surface area (Å²) in [5, 5.41) is 0. The highest BCUT2D eigenvalue weighted by atomic mass is 19.1. The van der Waals surface area contributed by atoms with E-state index in [1.54, 1.807) is 6.92 Å². The predicted molar refractivity (Wildman–Crippen MR) is 66.1 cm³/mol. The Morgan fingerprint density at radius 3 is 2.60 bits per heavy atom. The average molecular weight is 287 g/mol. The molecule has 0 unspecified atom stereocenters. The van der Waals surface area contributed by atoms with E-state index in [0.717, 1.165) is 17.0 Å². The van der Waals surface area contributed by atoms with Gasteiger partial charge in [-0.1, -0.05) is 0 Å². The molecule has 0 atom stereocenters. The van der Waals surface area contributed by atoms with E-state index in [1.807, 2.05) is 0 Å².